The largest absolute Gasteiger partial charge is 0.487 e. The van der Waals surface area contributed by atoms with E-state index in [4.69, 9.17) is 9.84 Å². The van der Waals surface area contributed by atoms with Gasteiger partial charge in [-0.05, 0) is 29.8 Å². The van der Waals surface area contributed by atoms with Crippen molar-refractivity contribution in [1.29, 1.82) is 0 Å². The topological polar surface area (TPSA) is 83.9 Å². The van der Waals surface area contributed by atoms with Crippen LogP contribution < -0.4 is 4.74 Å². The van der Waals surface area contributed by atoms with E-state index < -0.39 is 21.7 Å². The molecule has 0 radical (unpaired) electrons. The fraction of sp³-hybridized carbons (Fsp3) is 0.235. The van der Waals surface area contributed by atoms with E-state index in [1.165, 1.54) is 17.0 Å². The van der Waals surface area contributed by atoms with E-state index >= 15 is 0 Å². The maximum Gasteiger partial charge on any atom is 0.407 e. The average molecular weight is 365 g/mol. The fourth-order valence-corrected chi connectivity index (χ4v) is 3.17. The van der Waals surface area contributed by atoms with Gasteiger partial charge in [0.05, 0.1) is 18.0 Å². The van der Waals surface area contributed by atoms with Gasteiger partial charge < -0.3 is 14.7 Å². The fourth-order valence-electron chi connectivity index (χ4n) is 2.53. The summed E-state index contributed by atoms with van der Waals surface area (Å²) in [4.78, 5) is 11.9. The highest BCUT2D eigenvalue weighted by molar-refractivity contribution is 7.90. The van der Waals surface area contributed by atoms with Crippen molar-refractivity contribution in [3.8, 4) is 16.9 Å². The minimum Gasteiger partial charge on any atom is -0.487 e. The van der Waals surface area contributed by atoms with Gasteiger partial charge in [-0.3, -0.25) is 0 Å². The highest BCUT2D eigenvalue weighted by Crippen LogP contribution is 2.27. The van der Waals surface area contributed by atoms with Gasteiger partial charge >= 0.3 is 6.09 Å². The van der Waals surface area contributed by atoms with E-state index in [-0.39, 0.29) is 11.0 Å². The zero-order valence-electron chi connectivity index (χ0n) is 13.3. The molecule has 3 rings (SSSR count). The Morgan fingerprint density at radius 1 is 1.20 bits per heavy atom. The van der Waals surface area contributed by atoms with E-state index in [0.717, 1.165) is 12.3 Å². The molecule has 2 aromatic rings. The quantitative estimate of drug-likeness (QED) is 0.900. The number of benzene rings is 2. The van der Waals surface area contributed by atoms with Gasteiger partial charge in [0.25, 0.3) is 0 Å². The van der Waals surface area contributed by atoms with Gasteiger partial charge in [0, 0.05) is 11.8 Å². The Hall–Kier alpha value is -2.61. The number of rotatable bonds is 4. The molecule has 0 unspecified atom stereocenters. The van der Waals surface area contributed by atoms with Crippen LogP contribution in [0.15, 0.2) is 47.4 Å². The lowest BCUT2D eigenvalue weighted by atomic mass is 10.1. The molecule has 25 heavy (non-hydrogen) atoms. The standard InChI is InChI=1S/C17H16FNO5S/c1-25(22,23)14-6-7-15(16(18)8-14)11-2-4-12(5-3-11)24-13-9-19(10-13)17(20)21/h2-8,13H,9-10H2,1H3,(H,20,21). The Labute approximate surface area is 144 Å². The van der Waals surface area contributed by atoms with Crippen LogP contribution in [0.25, 0.3) is 11.1 Å². The summed E-state index contributed by atoms with van der Waals surface area (Å²) in [7, 11) is -3.46. The lowest BCUT2D eigenvalue weighted by Crippen LogP contribution is -2.55. The van der Waals surface area contributed by atoms with Gasteiger partial charge in [0.15, 0.2) is 9.84 Å². The summed E-state index contributed by atoms with van der Waals surface area (Å²) in [6, 6.07) is 10.5. The highest BCUT2D eigenvalue weighted by atomic mass is 32.2. The van der Waals surface area contributed by atoms with Crippen LogP contribution >= 0.6 is 0 Å². The molecule has 1 fully saturated rings. The number of sulfone groups is 1. The molecule has 1 N–H and O–H groups in total. The van der Waals surface area contributed by atoms with Crippen LogP contribution in [0.1, 0.15) is 0 Å². The normalized spacial score (nSPS) is 14.9. The molecule has 132 valence electrons. The molecule has 0 aliphatic carbocycles. The number of carbonyl (C=O) groups is 1. The number of nitrogens with zero attached hydrogens (tertiary/aromatic N) is 1. The third-order valence-electron chi connectivity index (χ3n) is 3.96. The first-order valence-electron chi connectivity index (χ1n) is 7.48. The number of amides is 1. The smallest absolute Gasteiger partial charge is 0.407 e. The molecule has 2 aromatic carbocycles. The van der Waals surface area contributed by atoms with Gasteiger partial charge in [0.1, 0.15) is 17.7 Å². The van der Waals surface area contributed by atoms with E-state index in [1.54, 1.807) is 24.3 Å². The van der Waals surface area contributed by atoms with Crippen molar-refractivity contribution in [3.05, 3.63) is 48.3 Å². The molecular weight excluding hydrogens is 349 g/mol. The number of hydrogen-bond donors (Lipinski definition) is 1. The van der Waals surface area contributed by atoms with Gasteiger partial charge in [-0.2, -0.15) is 0 Å². The minimum atomic E-state index is -3.46. The molecule has 1 saturated heterocycles. The highest BCUT2D eigenvalue weighted by Gasteiger charge is 2.32. The Morgan fingerprint density at radius 3 is 2.36 bits per heavy atom. The molecule has 0 spiro atoms. The van der Waals surface area contributed by atoms with Crippen LogP contribution in [0.5, 0.6) is 5.75 Å². The minimum absolute atomic E-state index is 0.0679. The molecule has 1 amide bonds. The van der Waals surface area contributed by atoms with Crippen molar-refractivity contribution < 1.29 is 27.4 Å². The van der Waals surface area contributed by atoms with Crippen molar-refractivity contribution >= 4 is 15.9 Å². The van der Waals surface area contributed by atoms with Crippen LogP contribution in [-0.4, -0.2) is 50.0 Å². The summed E-state index contributed by atoms with van der Waals surface area (Å²) in [5.41, 5.74) is 0.880. The van der Waals surface area contributed by atoms with Crippen LogP contribution in [0.3, 0.4) is 0 Å². The second kappa shape index (κ2) is 6.36. The summed E-state index contributed by atoms with van der Waals surface area (Å²) < 4.78 is 42.8. The van der Waals surface area contributed by atoms with Crippen LogP contribution in [0, 0.1) is 5.82 Å². The Balaban J connectivity index is 1.72. The predicted octanol–water partition coefficient (Wildman–Crippen LogP) is 2.64. The molecule has 1 heterocycles. The molecule has 1 aliphatic rings. The first-order chi connectivity index (χ1) is 11.7. The average Bonchev–Trinajstić information content (AvgIpc) is 2.50. The molecule has 8 heteroatoms. The van der Waals surface area contributed by atoms with E-state index in [0.29, 0.717) is 30.0 Å². The number of likely N-dealkylation sites (tertiary alicyclic amines) is 1. The zero-order chi connectivity index (χ0) is 18.2. The molecular formula is C17H16FNO5S. The van der Waals surface area contributed by atoms with Crippen molar-refractivity contribution in [3.63, 3.8) is 0 Å². The number of hydrogen-bond acceptors (Lipinski definition) is 4. The summed E-state index contributed by atoms with van der Waals surface area (Å²) in [6.45, 7) is 0.636. The summed E-state index contributed by atoms with van der Waals surface area (Å²) in [5.74, 6) is -0.0559. The van der Waals surface area contributed by atoms with Crippen molar-refractivity contribution in [2.45, 2.75) is 11.0 Å². The van der Waals surface area contributed by atoms with Gasteiger partial charge in [0.2, 0.25) is 0 Å². The zero-order valence-corrected chi connectivity index (χ0v) is 14.2. The maximum absolute atomic E-state index is 14.2. The third kappa shape index (κ3) is 3.74. The van der Waals surface area contributed by atoms with E-state index in [9.17, 15) is 17.6 Å². The first kappa shape index (κ1) is 17.2. The number of carboxylic acid groups (broad SMARTS) is 1. The Morgan fingerprint density at radius 2 is 1.84 bits per heavy atom. The third-order valence-corrected chi connectivity index (χ3v) is 5.07. The molecule has 0 atom stereocenters. The Bertz CT molecular complexity index is 905. The van der Waals surface area contributed by atoms with E-state index in [1.807, 2.05) is 0 Å². The van der Waals surface area contributed by atoms with Crippen LogP contribution in [0.2, 0.25) is 0 Å². The lowest BCUT2D eigenvalue weighted by molar-refractivity contribution is 0.0252. The molecule has 0 saturated carbocycles. The molecule has 6 nitrogen and oxygen atoms in total. The van der Waals surface area contributed by atoms with Crippen molar-refractivity contribution in [2.75, 3.05) is 19.3 Å². The maximum atomic E-state index is 14.2. The first-order valence-corrected chi connectivity index (χ1v) is 9.38. The monoisotopic (exact) mass is 365 g/mol. The van der Waals surface area contributed by atoms with Crippen LogP contribution in [-0.2, 0) is 9.84 Å². The van der Waals surface area contributed by atoms with Gasteiger partial charge in [-0.25, -0.2) is 17.6 Å². The number of ether oxygens (including phenoxy) is 1. The Kier molecular flexibility index (Phi) is 4.38. The summed E-state index contributed by atoms with van der Waals surface area (Å²) >= 11 is 0. The van der Waals surface area contributed by atoms with Crippen molar-refractivity contribution in [1.82, 2.24) is 4.90 Å². The number of halogens is 1. The second-order valence-corrected chi connectivity index (χ2v) is 7.88. The van der Waals surface area contributed by atoms with Gasteiger partial charge in [-0.15, -0.1) is 0 Å². The SMILES string of the molecule is CS(=O)(=O)c1ccc(-c2ccc(OC3CN(C(=O)O)C3)cc2)c(F)c1. The van der Waals surface area contributed by atoms with Gasteiger partial charge in [-0.1, -0.05) is 18.2 Å². The second-order valence-electron chi connectivity index (χ2n) is 5.87. The van der Waals surface area contributed by atoms with Crippen molar-refractivity contribution in [2.24, 2.45) is 0 Å². The summed E-state index contributed by atoms with van der Waals surface area (Å²) in [6.07, 6.45) is -0.129. The summed E-state index contributed by atoms with van der Waals surface area (Å²) in [5, 5.41) is 8.77. The molecule has 0 aromatic heterocycles. The molecule has 1 aliphatic heterocycles. The van der Waals surface area contributed by atoms with Crippen LogP contribution in [0.4, 0.5) is 9.18 Å². The molecule has 0 bridgehead atoms. The lowest BCUT2D eigenvalue weighted by Gasteiger charge is -2.36. The predicted molar refractivity (Wildman–Crippen MR) is 89.0 cm³/mol. The van der Waals surface area contributed by atoms with E-state index in [2.05, 4.69) is 0 Å².